The Balaban J connectivity index is 1.34. The van der Waals surface area contributed by atoms with Crippen molar-refractivity contribution in [2.24, 2.45) is 0 Å². The predicted molar refractivity (Wildman–Crippen MR) is 210 cm³/mol. The van der Waals surface area contributed by atoms with Crippen LogP contribution < -0.4 is 18.9 Å². The van der Waals surface area contributed by atoms with E-state index in [1.165, 1.54) is 0 Å². The molecule has 8 nitrogen and oxygen atoms in total. The van der Waals surface area contributed by atoms with Crippen molar-refractivity contribution in [1.82, 2.24) is 0 Å². The molecule has 4 aliphatic heterocycles. The average Bonchev–Trinajstić information content (AvgIpc) is 4.00. The smallest absolute Gasteiger partial charge is 0.202 e. The molecule has 0 N–H and O–H groups in total. The first-order chi connectivity index (χ1) is 26.5. The third kappa shape index (κ3) is 8.27. The van der Waals surface area contributed by atoms with Gasteiger partial charge in [-0.2, -0.15) is 0 Å². The quantitative estimate of drug-likeness (QED) is 0.0661. The number of ether oxygens (including phenoxy) is 8. The maximum Gasteiger partial charge on any atom is 0.202 e. The summed E-state index contributed by atoms with van der Waals surface area (Å²) < 4.78 is 47.6. The van der Waals surface area contributed by atoms with Crippen molar-refractivity contribution in [3.63, 3.8) is 0 Å². The fraction of sp³-hybridized carbons (Fsp3) is 0.348. The number of hydrogen-bond donors (Lipinski definition) is 0. The summed E-state index contributed by atoms with van der Waals surface area (Å²) >= 11 is 0. The zero-order valence-corrected chi connectivity index (χ0v) is 31.0. The molecule has 0 radical (unpaired) electrons. The molecule has 8 heteroatoms. The highest BCUT2D eigenvalue weighted by Gasteiger charge is 2.30. The Bertz CT molecular complexity index is 2020. The summed E-state index contributed by atoms with van der Waals surface area (Å²) in [5.74, 6) is 3.25. The third-order valence-corrected chi connectivity index (χ3v) is 10.1. The van der Waals surface area contributed by atoms with Gasteiger partial charge in [-0.3, -0.25) is 0 Å². The van der Waals surface area contributed by atoms with Crippen LogP contribution in [0.2, 0.25) is 0 Å². The average molecular weight is 729 g/mol. The van der Waals surface area contributed by atoms with E-state index in [4.69, 9.17) is 37.9 Å². The second kappa shape index (κ2) is 16.2. The van der Waals surface area contributed by atoms with Crippen molar-refractivity contribution < 1.29 is 37.9 Å². The molecule has 0 amide bonds. The number of hydrogen-bond acceptors (Lipinski definition) is 8. The predicted octanol–water partition coefficient (Wildman–Crippen LogP) is 8.64. The van der Waals surface area contributed by atoms with Crippen molar-refractivity contribution in [2.75, 3.05) is 46.2 Å². The van der Waals surface area contributed by atoms with Gasteiger partial charge in [0.15, 0.2) is 0 Å². The fourth-order valence-electron chi connectivity index (χ4n) is 6.92. The highest BCUT2D eigenvalue weighted by molar-refractivity contribution is 5.97. The molecule has 0 saturated carbocycles. The van der Waals surface area contributed by atoms with Crippen molar-refractivity contribution in [1.29, 1.82) is 0 Å². The van der Waals surface area contributed by atoms with E-state index in [9.17, 15) is 0 Å². The minimum absolute atomic E-state index is 0.0996. The molecule has 0 aliphatic carbocycles. The second-order valence-electron chi connectivity index (χ2n) is 14.2. The zero-order chi connectivity index (χ0) is 37.0. The van der Waals surface area contributed by atoms with E-state index >= 15 is 0 Å². The van der Waals surface area contributed by atoms with Crippen LogP contribution in [-0.2, 0) is 38.2 Å². The lowest BCUT2D eigenvalue weighted by molar-refractivity contribution is -0.165. The molecule has 4 aliphatic rings. The van der Waals surface area contributed by atoms with Gasteiger partial charge in [0.05, 0.1) is 26.4 Å². The molecule has 0 bridgehead atoms. The first-order valence-corrected chi connectivity index (χ1v) is 18.9. The Morgan fingerprint density at radius 1 is 0.593 bits per heavy atom. The molecule has 8 rings (SSSR count). The summed E-state index contributed by atoms with van der Waals surface area (Å²) in [6, 6.07) is 21.3. The summed E-state index contributed by atoms with van der Waals surface area (Å²) in [6.07, 6.45) is 8.56. The van der Waals surface area contributed by atoms with Gasteiger partial charge in [0.25, 0.3) is 0 Å². The Labute approximate surface area is 317 Å². The van der Waals surface area contributed by atoms with E-state index in [0.717, 1.165) is 98.3 Å². The lowest BCUT2D eigenvalue weighted by atomic mass is 9.81. The monoisotopic (exact) mass is 728 g/mol. The minimum atomic E-state index is -0.296. The maximum absolute atomic E-state index is 6.57. The van der Waals surface area contributed by atoms with Gasteiger partial charge in [-0.05, 0) is 107 Å². The van der Waals surface area contributed by atoms with Crippen LogP contribution in [-0.4, -0.2) is 70.9 Å². The SMILES string of the molecule is C=CCc1cc(-c2ccc(O[C@@H]3CCO3)c(CC=C)c2-c2c(-c3ccc(OCC4CO4)c(C)c3)ccc(OCC3CO3)c2CC=C)ccc1OCC1CO1. The van der Waals surface area contributed by atoms with Crippen molar-refractivity contribution >= 4 is 0 Å². The van der Waals surface area contributed by atoms with Gasteiger partial charge in [0.2, 0.25) is 6.29 Å². The van der Waals surface area contributed by atoms with Crippen LogP contribution in [0, 0.1) is 6.92 Å². The lowest BCUT2D eigenvalue weighted by Gasteiger charge is -2.30. The molecule has 3 unspecified atom stereocenters. The Hall–Kier alpha value is -4.86. The molecule has 54 heavy (non-hydrogen) atoms. The molecule has 0 aromatic heterocycles. The third-order valence-electron chi connectivity index (χ3n) is 10.1. The molecule has 4 saturated heterocycles. The number of allylic oxidation sites excluding steroid dienone is 3. The van der Waals surface area contributed by atoms with Crippen LogP contribution in [0.3, 0.4) is 0 Å². The van der Waals surface area contributed by atoms with E-state index < -0.39 is 0 Å². The first kappa shape index (κ1) is 36.1. The van der Waals surface area contributed by atoms with Crippen LogP contribution in [0.15, 0.2) is 98.6 Å². The van der Waals surface area contributed by atoms with Gasteiger partial charge in [0.1, 0.15) is 61.1 Å². The van der Waals surface area contributed by atoms with E-state index in [1.807, 2.05) is 18.2 Å². The van der Waals surface area contributed by atoms with E-state index in [1.54, 1.807) is 0 Å². The number of rotatable bonds is 20. The molecular formula is C46H48O8. The van der Waals surface area contributed by atoms with Gasteiger partial charge < -0.3 is 37.9 Å². The zero-order valence-electron chi connectivity index (χ0n) is 31.0. The Kier molecular flexibility index (Phi) is 10.9. The summed E-state index contributed by atoms with van der Waals surface area (Å²) in [6.45, 7) is 19.0. The number of benzene rings is 4. The highest BCUT2D eigenvalue weighted by atomic mass is 16.7. The van der Waals surface area contributed by atoms with Crippen LogP contribution in [0.5, 0.6) is 23.0 Å². The standard InChI is InChI=1S/C46H48O8/c1-5-8-32-22-31(12-16-41(32)52-27-34-24-49-34)37-14-18-43(54-44-19-20-47-44)39(10-7-3)46(37)45-36(13-17-42(38(45)9-6-2)53-28-35-25-50-35)30-11-15-40(29(4)21-30)51-26-33-23-48-33/h5-7,11-18,21-22,33-35,44H,1-3,8-10,19-20,23-28H2,4H3/t33?,34?,35?,44-/m1/s1. The van der Waals surface area contributed by atoms with Gasteiger partial charge in [-0.15, -0.1) is 19.7 Å². The molecule has 4 atom stereocenters. The van der Waals surface area contributed by atoms with Gasteiger partial charge in [-0.25, -0.2) is 0 Å². The summed E-state index contributed by atoms with van der Waals surface area (Å²) in [7, 11) is 0. The van der Waals surface area contributed by atoms with Crippen molar-refractivity contribution in [3.8, 4) is 56.4 Å². The fourth-order valence-corrected chi connectivity index (χ4v) is 6.92. The van der Waals surface area contributed by atoms with Crippen molar-refractivity contribution in [3.05, 3.63) is 121 Å². The van der Waals surface area contributed by atoms with Crippen LogP contribution in [0.25, 0.3) is 33.4 Å². The molecule has 4 aromatic rings. The highest BCUT2D eigenvalue weighted by Crippen LogP contribution is 2.49. The molecule has 0 spiro atoms. The molecule has 4 aromatic carbocycles. The topological polar surface area (TPSA) is 83.7 Å². The summed E-state index contributed by atoms with van der Waals surface area (Å²) in [5.41, 5.74) is 10.4. The maximum atomic E-state index is 6.57. The Morgan fingerprint density at radius 2 is 1.07 bits per heavy atom. The summed E-state index contributed by atoms with van der Waals surface area (Å²) in [4.78, 5) is 0. The minimum Gasteiger partial charge on any atom is -0.491 e. The van der Waals surface area contributed by atoms with Gasteiger partial charge >= 0.3 is 0 Å². The molecular weight excluding hydrogens is 680 g/mol. The lowest BCUT2D eigenvalue weighted by Crippen LogP contribution is -2.32. The largest absolute Gasteiger partial charge is 0.491 e. The molecule has 280 valence electrons. The summed E-state index contributed by atoms with van der Waals surface area (Å²) in [5, 5.41) is 0. The normalized spacial score (nSPS) is 20.7. The van der Waals surface area contributed by atoms with E-state index in [-0.39, 0.29) is 24.6 Å². The van der Waals surface area contributed by atoms with Crippen LogP contribution in [0.4, 0.5) is 0 Å². The van der Waals surface area contributed by atoms with Crippen LogP contribution in [0.1, 0.15) is 28.7 Å². The Morgan fingerprint density at radius 3 is 1.59 bits per heavy atom. The number of aryl methyl sites for hydroxylation is 1. The molecule has 4 fully saturated rings. The van der Waals surface area contributed by atoms with Crippen molar-refractivity contribution in [2.45, 2.75) is 57.2 Å². The van der Waals surface area contributed by atoms with Gasteiger partial charge in [-0.1, -0.05) is 42.5 Å². The molecule has 4 heterocycles. The van der Waals surface area contributed by atoms with E-state index in [2.05, 4.69) is 87.3 Å². The second-order valence-corrected chi connectivity index (χ2v) is 14.2. The van der Waals surface area contributed by atoms with Crippen LogP contribution >= 0.6 is 0 Å². The number of epoxide rings is 3. The van der Waals surface area contributed by atoms with Gasteiger partial charge in [0, 0.05) is 17.5 Å². The first-order valence-electron chi connectivity index (χ1n) is 18.9. The van der Waals surface area contributed by atoms with E-state index in [0.29, 0.717) is 52.3 Å².